The van der Waals surface area contributed by atoms with Gasteiger partial charge in [-0.1, -0.05) is 6.07 Å². The van der Waals surface area contributed by atoms with E-state index in [4.69, 9.17) is 14.2 Å². The zero-order valence-corrected chi connectivity index (χ0v) is 21.4. The van der Waals surface area contributed by atoms with Gasteiger partial charge in [-0.05, 0) is 61.7 Å². The molecule has 3 N–H and O–H groups in total. The fourth-order valence-corrected chi connectivity index (χ4v) is 6.03. The molecule has 37 heavy (non-hydrogen) atoms. The van der Waals surface area contributed by atoms with Crippen LogP contribution in [0.4, 0.5) is 10.5 Å². The van der Waals surface area contributed by atoms with E-state index in [1.54, 1.807) is 47.9 Å². The zero-order valence-electron chi connectivity index (χ0n) is 20.6. The normalized spacial score (nSPS) is 19.5. The van der Waals surface area contributed by atoms with Gasteiger partial charge in [-0.15, -0.1) is 11.8 Å². The number of benzene rings is 2. The summed E-state index contributed by atoms with van der Waals surface area (Å²) in [5, 5.41) is 9.43. The van der Waals surface area contributed by atoms with Crippen molar-refractivity contribution in [1.29, 1.82) is 0 Å². The summed E-state index contributed by atoms with van der Waals surface area (Å²) < 4.78 is 15.7. The second kappa shape index (κ2) is 10.9. The number of esters is 1. The van der Waals surface area contributed by atoms with Crippen molar-refractivity contribution < 1.29 is 28.6 Å². The molecule has 0 bridgehead atoms. The minimum absolute atomic E-state index is 0.0338. The molecule has 11 heteroatoms. The predicted octanol–water partition coefficient (Wildman–Crippen LogP) is 2.94. The van der Waals surface area contributed by atoms with Crippen LogP contribution in [-0.2, 0) is 16.1 Å². The Morgan fingerprint density at radius 3 is 2.62 bits per heavy atom. The third-order valence-corrected chi connectivity index (χ3v) is 8.27. The number of likely N-dealkylation sites (tertiary alicyclic amines) is 1. The summed E-state index contributed by atoms with van der Waals surface area (Å²) in [6, 6.07) is 11.8. The molecule has 196 valence electrons. The number of amides is 3. The number of hydrogen-bond acceptors (Lipinski definition) is 8. The maximum absolute atomic E-state index is 12.8. The van der Waals surface area contributed by atoms with E-state index in [2.05, 4.69) is 16.0 Å². The average Bonchev–Trinajstić information content (AvgIpc) is 3.55. The number of nitrogens with one attached hydrogen (secondary N) is 3. The minimum Gasteiger partial charge on any atom is -0.462 e. The number of carbonyl (C=O) groups excluding carboxylic acids is 3. The molecular formula is C26H30N4O6S. The zero-order chi connectivity index (χ0) is 25.8. The van der Waals surface area contributed by atoms with Crippen molar-refractivity contribution in [2.75, 3.05) is 37.6 Å². The molecule has 2 aromatic rings. The molecule has 3 amide bonds. The number of nitrogens with zero attached hydrogens (tertiary/aromatic N) is 1. The van der Waals surface area contributed by atoms with Crippen LogP contribution < -0.4 is 25.4 Å². The average molecular weight is 527 g/mol. The molecule has 1 atom stereocenters. The van der Waals surface area contributed by atoms with Crippen molar-refractivity contribution in [2.24, 2.45) is 0 Å². The van der Waals surface area contributed by atoms with Gasteiger partial charge in [0.1, 0.15) is 0 Å². The second-order valence-electron chi connectivity index (χ2n) is 9.12. The molecule has 0 aromatic heterocycles. The number of piperidine rings is 1. The van der Waals surface area contributed by atoms with Crippen LogP contribution >= 0.6 is 11.8 Å². The number of hydrogen-bond donors (Lipinski definition) is 3. The largest absolute Gasteiger partial charge is 0.462 e. The van der Waals surface area contributed by atoms with Gasteiger partial charge >= 0.3 is 12.0 Å². The topological polar surface area (TPSA) is 118 Å². The summed E-state index contributed by atoms with van der Waals surface area (Å²) in [5.74, 6) is 1.69. The van der Waals surface area contributed by atoms with E-state index in [0.717, 1.165) is 24.2 Å². The van der Waals surface area contributed by atoms with Crippen LogP contribution in [0.2, 0.25) is 0 Å². The first-order valence-electron chi connectivity index (χ1n) is 12.4. The molecule has 10 nitrogen and oxygen atoms in total. The van der Waals surface area contributed by atoms with Gasteiger partial charge in [0.25, 0.3) is 0 Å². The van der Waals surface area contributed by atoms with Crippen LogP contribution in [0.3, 0.4) is 0 Å². The fourth-order valence-electron chi connectivity index (χ4n) is 4.61. The first kappa shape index (κ1) is 25.2. The van der Waals surface area contributed by atoms with Gasteiger partial charge in [0.15, 0.2) is 11.5 Å². The molecule has 0 aliphatic carbocycles. The van der Waals surface area contributed by atoms with E-state index < -0.39 is 0 Å². The number of ether oxygens (including phenoxy) is 3. The first-order valence-corrected chi connectivity index (χ1v) is 13.3. The van der Waals surface area contributed by atoms with E-state index in [0.29, 0.717) is 49.0 Å². The highest BCUT2D eigenvalue weighted by Gasteiger charge is 2.44. The lowest BCUT2D eigenvalue weighted by atomic mass is 10.0. The Kier molecular flexibility index (Phi) is 7.43. The van der Waals surface area contributed by atoms with Crippen LogP contribution in [0.1, 0.15) is 35.7 Å². The molecule has 1 unspecified atom stereocenters. The van der Waals surface area contributed by atoms with E-state index in [9.17, 15) is 14.4 Å². The van der Waals surface area contributed by atoms with Gasteiger partial charge in [0, 0.05) is 31.1 Å². The quantitative estimate of drug-likeness (QED) is 0.492. The number of urea groups is 1. The summed E-state index contributed by atoms with van der Waals surface area (Å²) >= 11 is 1.76. The molecule has 0 radical (unpaired) electrons. The lowest BCUT2D eigenvalue weighted by Gasteiger charge is -2.39. The van der Waals surface area contributed by atoms with E-state index in [-0.39, 0.29) is 35.6 Å². The van der Waals surface area contributed by atoms with E-state index in [1.165, 1.54) is 0 Å². The Bertz CT molecular complexity index is 1170. The molecule has 1 spiro atoms. The number of carbonyl (C=O) groups is 3. The van der Waals surface area contributed by atoms with Crippen molar-refractivity contribution in [3.8, 4) is 11.5 Å². The van der Waals surface area contributed by atoms with Crippen molar-refractivity contribution in [1.82, 2.24) is 15.5 Å². The van der Waals surface area contributed by atoms with Gasteiger partial charge in [-0.25, -0.2) is 9.59 Å². The molecule has 2 saturated heterocycles. The number of thioether (sulfide) groups is 1. The summed E-state index contributed by atoms with van der Waals surface area (Å²) in [4.78, 5) is 38.9. The maximum Gasteiger partial charge on any atom is 0.338 e. The highest BCUT2D eigenvalue weighted by molar-refractivity contribution is 8.01. The maximum atomic E-state index is 12.8. The van der Waals surface area contributed by atoms with Crippen molar-refractivity contribution in [3.05, 3.63) is 53.6 Å². The van der Waals surface area contributed by atoms with E-state index >= 15 is 0 Å². The first-order chi connectivity index (χ1) is 17.9. The van der Waals surface area contributed by atoms with Crippen LogP contribution in [0.5, 0.6) is 11.5 Å². The molecular weight excluding hydrogens is 496 g/mol. The highest BCUT2D eigenvalue weighted by Crippen LogP contribution is 2.39. The standard InChI is InChI=1S/C26H30N4O6S/c1-2-34-24(32)18-4-6-19(7-5-18)28-25(33)30-11-9-26(10-12-30)29-20(15-37-26)23(31)27-14-17-3-8-21-22(13-17)36-16-35-21/h3-8,13,20,29H,2,9-12,14-16H2,1H3,(H,27,31)(H,28,33). The summed E-state index contributed by atoms with van der Waals surface area (Å²) in [7, 11) is 0. The highest BCUT2D eigenvalue weighted by atomic mass is 32.2. The second-order valence-corrected chi connectivity index (χ2v) is 10.5. The lowest BCUT2D eigenvalue weighted by molar-refractivity contribution is -0.122. The smallest absolute Gasteiger partial charge is 0.338 e. The van der Waals surface area contributed by atoms with Crippen LogP contribution in [-0.4, -0.2) is 66.0 Å². The van der Waals surface area contributed by atoms with Crippen molar-refractivity contribution >= 4 is 35.4 Å². The minimum atomic E-state index is -0.386. The summed E-state index contributed by atoms with van der Waals surface area (Å²) in [5.41, 5.74) is 2.01. The predicted molar refractivity (Wildman–Crippen MR) is 139 cm³/mol. The lowest BCUT2D eigenvalue weighted by Crippen LogP contribution is -2.54. The van der Waals surface area contributed by atoms with E-state index in [1.807, 2.05) is 18.2 Å². The van der Waals surface area contributed by atoms with Crippen molar-refractivity contribution in [2.45, 2.75) is 37.2 Å². The van der Waals surface area contributed by atoms with Gasteiger partial charge in [-0.2, -0.15) is 0 Å². The molecule has 3 aliphatic rings. The third kappa shape index (κ3) is 5.78. The molecule has 5 rings (SSSR count). The Labute approximate surface area is 219 Å². The molecule has 2 aromatic carbocycles. The summed E-state index contributed by atoms with van der Waals surface area (Å²) in [6.45, 7) is 3.87. The fraction of sp³-hybridized carbons (Fsp3) is 0.423. The third-order valence-electron chi connectivity index (χ3n) is 6.69. The molecule has 0 saturated carbocycles. The van der Waals surface area contributed by atoms with Crippen LogP contribution in [0, 0.1) is 0 Å². The SMILES string of the molecule is CCOC(=O)c1ccc(NC(=O)N2CCC3(CC2)NC(C(=O)NCc2ccc4c(c2)OCO4)CS3)cc1. The number of anilines is 1. The molecule has 3 heterocycles. The van der Waals surface area contributed by atoms with Crippen LogP contribution in [0.15, 0.2) is 42.5 Å². The summed E-state index contributed by atoms with van der Waals surface area (Å²) in [6.07, 6.45) is 1.50. The van der Waals surface area contributed by atoms with Gasteiger partial charge in [0.05, 0.1) is 23.1 Å². The van der Waals surface area contributed by atoms with Crippen molar-refractivity contribution in [3.63, 3.8) is 0 Å². The van der Waals surface area contributed by atoms with Gasteiger partial charge < -0.3 is 29.7 Å². The Morgan fingerprint density at radius 1 is 1.11 bits per heavy atom. The van der Waals surface area contributed by atoms with Crippen LogP contribution in [0.25, 0.3) is 0 Å². The Morgan fingerprint density at radius 2 is 1.86 bits per heavy atom. The van der Waals surface area contributed by atoms with Gasteiger partial charge in [0.2, 0.25) is 12.7 Å². The number of fused-ring (bicyclic) bond motifs is 1. The molecule has 3 aliphatic heterocycles. The van der Waals surface area contributed by atoms with Gasteiger partial charge in [-0.3, -0.25) is 10.1 Å². The molecule has 2 fully saturated rings. The Balaban J connectivity index is 1.07. The Hall–Kier alpha value is -3.44. The monoisotopic (exact) mass is 526 g/mol. The number of rotatable bonds is 6.